The fraction of sp³-hybridized carbons (Fsp3) is 0.565. The van der Waals surface area contributed by atoms with Crippen LogP contribution in [0, 0.1) is 17.8 Å². The number of benzene rings is 1. The molecule has 2 fully saturated rings. The van der Waals surface area contributed by atoms with E-state index in [-0.39, 0.29) is 29.8 Å². The molecule has 31 heavy (non-hydrogen) atoms. The van der Waals surface area contributed by atoms with Crippen molar-refractivity contribution in [2.24, 2.45) is 17.8 Å². The van der Waals surface area contributed by atoms with E-state index in [9.17, 15) is 18.0 Å². The second kappa shape index (κ2) is 7.57. The molecule has 0 unspecified atom stereocenters. The number of rotatable bonds is 4. The Hall–Kier alpha value is -2.51. The first kappa shape index (κ1) is 20.4. The molecule has 5 rings (SSSR count). The molecule has 0 spiro atoms. The Kier molecular flexibility index (Phi) is 4.98. The van der Waals surface area contributed by atoms with E-state index in [1.165, 1.54) is 25.5 Å². The molecule has 2 saturated carbocycles. The van der Waals surface area contributed by atoms with E-state index in [0.717, 1.165) is 22.6 Å². The van der Waals surface area contributed by atoms with E-state index in [1.54, 1.807) is 24.3 Å². The number of amides is 1. The number of carbonyl (C=O) groups excluding carboxylic acids is 1. The molecule has 2 aromatic rings. The lowest BCUT2D eigenvalue weighted by Gasteiger charge is -2.34. The number of nitrogens with one attached hydrogen (secondary N) is 2. The Morgan fingerprint density at radius 1 is 1.19 bits per heavy atom. The third-order valence-electron chi connectivity index (χ3n) is 7.48. The number of hydrogen-bond donors (Lipinski definition) is 2. The quantitative estimate of drug-likeness (QED) is 0.707. The predicted octanol–water partition coefficient (Wildman–Crippen LogP) is 5.10. The van der Waals surface area contributed by atoms with E-state index in [0.29, 0.717) is 11.8 Å². The van der Waals surface area contributed by atoms with Gasteiger partial charge in [-0.1, -0.05) is 36.8 Å². The molecule has 3 aliphatic rings. The maximum Gasteiger partial charge on any atom is 0.410 e. The van der Waals surface area contributed by atoms with Crippen molar-refractivity contribution in [3.05, 3.63) is 47.7 Å². The summed E-state index contributed by atoms with van der Waals surface area (Å²) in [6.07, 6.45) is 1.49. The molecule has 166 valence electrons. The average molecular weight is 432 g/mol. The van der Waals surface area contributed by atoms with Crippen molar-refractivity contribution in [3.8, 4) is 0 Å². The van der Waals surface area contributed by atoms with Crippen molar-refractivity contribution in [3.63, 3.8) is 0 Å². The van der Waals surface area contributed by atoms with Crippen LogP contribution in [0.4, 0.5) is 19.0 Å². The zero-order valence-electron chi connectivity index (χ0n) is 17.4. The van der Waals surface area contributed by atoms with Gasteiger partial charge in [-0.05, 0) is 49.5 Å². The summed E-state index contributed by atoms with van der Waals surface area (Å²) in [7, 11) is 0. The molecule has 2 aliphatic carbocycles. The molecule has 5 nitrogen and oxygen atoms in total. The molecule has 0 radical (unpaired) electrons. The van der Waals surface area contributed by atoms with Crippen LogP contribution in [0.3, 0.4) is 0 Å². The van der Waals surface area contributed by atoms with Crippen molar-refractivity contribution in [1.29, 1.82) is 0 Å². The molecule has 1 amide bonds. The first-order valence-corrected chi connectivity index (χ1v) is 11.1. The number of anilines is 1. The number of alkyl halides is 3. The van der Waals surface area contributed by atoms with Gasteiger partial charge < -0.3 is 10.6 Å². The third kappa shape index (κ3) is 3.70. The highest BCUT2D eigenvalue weighted by Crippen LogP contribution is 2.49. The topological polar surface area (TPSA) is 59.0 Å². The summed E-state index contributed by atoms with van der Waals surface area (Å²) >= 11 is 0. The number of fused-ring (bicyclic) bond motifs is 3. The third-order valence-corrected chi connectivity index (χ3v) is 7.48. The first-order chi connectivity index (χ1) is 14.8. The van der Waals surface area contributed by atoms with Crippen LogP contribution in [0.5, 0.6) is 0 Å². The molecule has 2 N–H and O–H groups in total. The highest BCUT2D eigenvalue weighted by atomic mass is 19.4. The van der Waals surface area contributed by atoms with Crippen molar-refractivity contribution >= 4 is 11.7 Å². The fourth-order valence-corrected chi connectivity index (χ4v) is 5.93. The van der Waals surface area contributed by atoms with Gasteiger partial charge in [0.05, 0.1) is 12.2 Å². The Balaban J connectivity index is 1.40. The van der Waals surface area contributed by atoms with Gasteiger partial charge in [0.1, 0.15) is 11.4 Å². The summed E-state index contributed by atoms with van der Waals surface area (Å²) in [6.45, 7) is 2.01. The standard InChI is InChI=1S/C23H27F3N4O/c1-13(17-10-14-7-8-16(17)9-14)28-22(31)18-12-27-30-20(23(24,25)26)11-19(29-21(18)30)15-5-3-2-4-6-15/h2-6,12-14,16-17,19-20,29H,7-11H2,1H3,(H,28,31)/t13-,14+,16+,17-,19-,20+/m0/s1. The molecule has 1 aromatic heterocycles. The van der Waals surface area contributed by atoms with Gasteiger partial charge in [0, 0.05) is 12.5 Å². The Labute approximate surface area is 179 Å². The van der Waals surface area contributed by atoms with Crippen molar-refractivity contribution in [1.82, 2.24) is 15.1 Å². The molecule has 1 aliphatic heterocycles. The molecule has 1 aromatic carbocycles. The highest BCUT2D eigenvalue weighted by molar-refractivity contribution is 5.99. The average Bonchev–Trinajstić information content (AvgIpc) is 3.48. The predicted molar refractivity (Wildman–Crippen MR) is 111 cm³/mol. The second-order valence-corrected chi connectivity index (χ2v) is 9.35. The van der Waals surface area contributed by atoms with Crippen LogP contribution in [0.1, 0.15) is 67.0 Å². The van der Waals surface area contributed by atoms with Crippen LogP contribution >= 0.6 is 0 Å². The van der Waals surface area contributed by atoms with Gasteiger partial charge in [-0.2, -0.15) is 18.3 Å². The van der Waals surface area contributed by atoms with Gasteiger partial charge >= 0.3 is 6.18 Å². The van der Waals surface area contributed by atoms with Crippen LogP contribution < -0.4 is 10.6 Å². The summed E-state index contributed by atoms with van der Waals surface area (Å²) in [5, 5.41) is 10.2. The summed E-state index contributed by atoms with van der Waals surface area (Å²) < 4.78 is 42.4. The lowest BCUT2D eigenvalue weighted by Crippen LogP contribution is -2.41. The zero-order valence-corrected chi connectivity index (χ0v) is 17.4. The second-order valence-electron chi connectivity index (χ2n) is 9.35. The van der Waals surface area contributed by atoms with Crippen LogP contribution in [-0.2, 0) is 0 Å². The van der Waals surface area contributed by atoms with E-state index in [4.69, 9.17) is 0 Å². The van der Waals surface area contributed by atoms with Gasteiger partial charge in [0.25, 0.3) is 5.91 Å². The monoisotopic (exact) mass is 432 g/mol. The minimum Gasteiger partial charge on any atom is -0.363 e. The van der Waals surface area contributed by atoms with E-state index in [2.05, 4.69) is 15.7 Å². The Bertz CT molecular complexity index is 957. The fourth-order valence-electron chi connectivity index (χ4n) is 5.93. The first-order valence-electron chi connectivity index (χ1n) is 11.1. The summed E-state index contributed by atoms with van der Waals surface area (Å²) in [6, 6.07) is 6.69. The normalized spacial score (nSPS) is 30.5. The van der Waals surface area contributed by atoms with E-state index in [1.807, 2.05) is 13.0 Å². The lowest BCUT2D eigenvalue weighted by atomic mass is 9.84. The molecule has 2 heterocycles. The number of hydrogen-bond acceptors (Lipinski definition) is 3. The van der Waals surface area contributed by atoms with Crippen molar-refractivity contribution in [2.45, 2.75) is 63.3 Å². The molecular weight excluding hydrogens is 405 g/mol. The van der Waals surface area contributed by atoms with Gasteiger partial charge in [-0.15, -0.1) is 0 Å². The van der Waals surface area contributed by atoms with E-state index < -0.39 is 18.3 Å². The van der Waals surface area contributed by atoms with Crippen molar-refractivity contribution in [2.75, 3.05) is 5.32 Å². The number of halogens is 3. The molecule has 2 bridgehead atoms. The smallest absolute Gasteiger partial charge is 0.363 e. The number of carbonyl (C=O) groups is 1. The molecule has 6 atom stereocenters. The minimum atomic E-state index is -4.46. The summed E-state index contributed by atoms with van der Waals surface area (Å²) in [5.74, 6) is 1.64. The summed E-state index contributed by atoms with van der Waals surface area (Å²) in [5.41, 5.74) is 0.927. The van der Waals surface area contributed by atoms with Gasteiger partial charge in [-0.25, -0.2) is 4.68 Å². The zero-order chi connectivity index (χ0) is 21.8. The van der Waals surface area contributed by atoms with Crippen LogP contribution in [0.25, 0.3) is 0 Å². The van der Waals surface area contributed by atoms with Gasteiger partial charge in [0.15, 0.2) is 6.04 Å². The van der Waals surface area contributed by atoms with Gasteiger partial charge in [-0.3, -0.25) is 4.79 Å². The molecular formula is C23H27F3N4O. The molecule has 8 heteroatoms. The van der Waals surface area contributed by atoms with Crippen molar-refractivity contribution < 1.29 is 18.0 Å². The Morgan fingerprint density at radius 2 is 1.97 bits per heavy atom. The minimum absolute atomic E-state index is 0.00901. The number of aromatic nitrogens is 2. The van der Waals surface area contributed by atoms with E-state index >= 15 is 0 Å². The SMILES string of the molecule is C[C@H](NC(=O)c1cnn2c1N[C@H](c1ccccc1)C[C@@H]2C(F)(F)F)[C@@H]1C[C@@H]2CC[C@@H]1C2. The van der Waals surface area contributed by atoms with Crippen LogP contribution in [0.15, 0.2) is 36.5 Å². The largest absolute Gasteiger partial charge is 0.410 e. The molecule has 0 saturated heterocycles. The maximum atomic E-state index is 13.8. The lowest BCUT2D eigenvalue weighted by molar-refractivity contribution is -0.173. The maximum absolute atomic E-state index is 13.8. The van der Waals surface area contributed by atoms with Crippen LogP contribution in [-0.4, -0.2) is 27.9 Å². The van der Waals surface area contributed by atoms with Crippen LogP contribution in [0.2, 0.25) is 0 Å². The highest BCUT2D eigenvalue weighted by Gasteiger charge is 2.47. The summed E-state index contributed by atoms with van der Waals surface area (Å²) in [4.78, 5) is 13.1. The Morgan fingerprint density at radius 3 is 2.61 bits per heavy atom. The number of nitrogens with zero attached hydrogens (tertiary/aromatic N) is 2. The van der Waals surface area contributed by atoms with Gasteiger partial charge in [0.2, 0.25) is 0 Å².